The summed E-state index contributed by atoms with van der Waals surface area (Å²) in [7, 11) is 0. The second kappa shape index (κ2) is 5.60. The van der Waals surface area contributed by atoms with E-state index in [1.54, 1.807) is 0 Å². The van der Waals surface area contributed by atoms with Crippen LogP contribution in [0.5, 0.6) is 0 Å². The number of aromatic nitrogens is 1. The molecule has 90 valence electrons. The van der Waals surface area contributed by atoms with Gasteiger partial charge in [-0.15, -0.1) is 0 Å². The van der Waals surface area contributed by atoms with E-state index in [1.807, 2.05) is 24.3 Å². The zero-order valence-corrected chi connectivity index (χ0v) is 9.87. The average Bonchev–Trinajstić information content (AvgIpc) is 2.72. The lowest BCUT2D eigenvalue weighted by Crippen LogP contribution is -2.13. The van der Waals surface area contributed by atoms with Crippen molar-refractivity contribution >= 4 is 33.4 Å². The molecule has 2 N–H and O–H groups in total. The first kappa shape index (κ1) is 11.8. The molecule has 1 aromatic carbocycles. The van der Waals surface area contributed by atoms with Gasteiger partial charge in [-0.25, -0.2) is 4.79 Å². The molecule has 0 aliphatic carbocycles. The van der Waals surface area contributed by atoms with Crippen molar-refractivity contribution in [3.05, 3.63) is 24.3 Å². The van der Waals surface area contributed by atoms with E-state index in [4.69, 9.17) is 9.84 Å². The number of nitrogens with one attached hydrogen (secondary N) is 1. The van der Waals surface area contributed by atoms with E-state index in [-0.39, 0.29) is 6.61 Å². The molecule has 6 heteroatoms. The first-order valence-corrected chi connectivity index (χ1v) is 5.92. The van der Waals surface area contributed by atoms with Gasteiger partial charge in [0.15, 0.2) is 0 Å². The van der Waals surface area contributed by atoms with Crippen LogP contribution in [0.4, 0.5) is 5.00 Å². The Labute approximate surface area is 102 Å². The van der Waals surface area contributed by atoms with E-state index < -0.39 is 5.97 Å². The summed E-state index contributed by atoms with van der Waals surface area (Å²) in [6, 6.07) is 7.86. The molecule has 0 amide bonds. The number of fused-ring (bicyclic) bond motifs is 1. The van der Waals surface area contributed by atoms with Crippen molar-refractivity contribution in [3.8, 4) is 0 Å². The third kappa shape index (κ3) is 3.15. The summed E-state index contributed by atoms with van der Waals surface area (Å²) >= 11 is 1.39. The van der Waals surface area contributed by atoms with Gasteiger partial charge in [-0.2, -0.15) is 4.37 Å². The van der Waals surface area contributed by atoms with Crippen molar-refractivity contribution in [1.82, 2.24) is 4.37 Å². The molecule has 0 atom stereocenters. The minimum absolute atomic E-state index is 0.259. The van der Waals surface area contributed by atoms with Crippen molar-refractivity contribution < 1.29 is 14.6 Å². The lowest BCUT2D eigenvalue weighted by molar-refractivity contribution is -0.142. The van der Waals surface area contributed by atoms with Crippen molar-refractivity contribution in [2.75, 3.05) is 25.1 Å². The van der Waals surface area contributed by atoms with Crippen molar-refractivity contribution in [2.24, 2.45) is 0 Å². The number of aliphatic carboxylic acids is 1. The van der Waals surface area contributed by atoms with E-state index in [0.29, 0.717) is 13.2 Å². The van der Waals surface area contributed by atoms with Crippen LogP contribution in [-0.4, -0.2) is 35.2 Å². The third-order valence-electron chi connectivity index (χ3n) is 2.14. The summed E-state index contributed by atoms with van der Waals surface area (Å²) < 4.78 is 9.22. The molecule has 0 unspecified atom stereocenters. The average molecular weight is 252 g/mol. The van der Waals surface area contributed by atoms with E-state index in [1.165, 1.54) is 11.5 Å². The highest BCUT2D eigenvalue weighted by molar-refractivity contribution is 7.11. The van der Waals surface area contributed by atoms with Gasteiger partial charge in [0.25, 0.3) is 0 Å². The highest BCUT2D eigenvalue weighted by atomic mass is 32.1. The Hall–Kier alpha value is -1.66. The van der Waals surface area contributed by atoms with Gasteiger partial charge in [-0.05, 0) is 23.7 Å². The summed E-state index contributed by atoms with van der Waals surface area (Å²) in [4.78, 5) is 10.2. The first-order valence-electron chi connectivity index (χ1n) is 5.15. The monoisotopic (exact) mass is 252 g/mol. The Morgan fingerprint density at radius 3 is 3.12 bits per heavy atom. The third-order valence-corrected chi connectivity index (χ3v) is 2.98. The molecular formula is C11H12N2O3S. The van der Waals surface area contributed by atoms with Crippen molar-refractivity contribution in [2.45, 2.75) is 0 Å². The quantitative estimate of drug-likeness (QED) is 0.767. The van der Waals surface area contributed by atoms with Gasteiger partial charge >= 0.3 is 5.97 Å². The number of carboxylic acids is 1. The Morgan fingerprint density at radius 2 is 2.29 bits per heavy atom. The van der Waals surface area contributed by atoms with Crippen LogP contribution >= 0.6 is 11.5 Å². The summed E-state index contributed by atoms with van der Waals surface area (Å²) in [6.07, 6.45) is 0. The predicted molar refractivity (Wildman–Crippen MR) is 66.6 cm³/mol. The number of nitrogens with zero attached hydrogens (tertiary/aromatic N) is 1. The standard InChI is InChI=1S/C11H12N2O3S/c14-10(15)7-16-6-5-12-11-8-3-1-2-4-9(8)13-17-11/h1-4,12H,5-7H2,(H,14,15). The largest absolute Gasteiger partial charge is 0.480 e. The molecule has 0 spiro atoms. The van der Waals surface area contributed by atoms with Crippen molar-refractivity contribution in [1.29, 1.82) is 0 Å². The van der Waals surface area contributed by atoms with Gasteiger partial charge in [0.05, 0.1) is 12.1 Å². The maximum absolute atomic E-state index is 10.2. The van der Waals surface area contributed by atoms with Crippen LogP contribution in [0.25, 0.3) is 10.9 Å². The molecule has 0 aliphatic heterocycles. The molecule has 1 aromatic heterocycles. The molecule has 2 aromatic rings. The van der Waals surface area contributed by atoms with Gasteiger partial charge < -0.3 is 15.2 Å². The summed E-state index contributed by atoms with van der Waals surface area (Å²) in [5, 5.41) is 13.6. The van der Waals surface area contributed by atoms with Crippen LogP contribution < -0.4 is 5.32 Å². The number of anilines is 1. The SMILES string of the molecule is O=C(O)COCCNc1snc2ccccc12. The van der Waals surface area contributed by atoms with Gasteiger partial charge in [-0.3, -0.25) is 0 Å². The number of benzene rings is 1. The normalized spacial score (nSPS) is 10.6. The Bertz CT molecular complexity index is 512. The fourth-order valence-corrected chi connectivity index (χ4v) is 2.20. The summed E-state index contributed by atoms with van der Waals surface area (Å²) in [5.74, 6) is -0.951. The number of ether oxygens (including phenoxy) is 1. The van der Waals surface area contributed by atoms with E-state index in [0.717, 1.165) is 15.9 Å². The minimum Gasteiger partial charge on any atom is -0.480 e. The number of carboxylic acid groups (broad SMARTS) is 1. The van der Waals surface area contributed by atoms with Crippen LogP contribution in [0.2, 0.25) is 0 Å². The van der Waals surface area contributed by atoms with Crippen LogP contribution in [0.15, 0.2) is 24.3 Å². The second-order valence-electron chi connectivity index (χ2n) is 3.40. The van der Waals surface area contributed by atoms with Gasteiger partial charge in [0.2, 0.25) is 0 Å². The van der Waals surface area contributed by atoms with E-state index in [2.05, 4.69) is 9.69 Å². The fourth-order valence-electron chi connectivity index (χ4n) is 1.41. The molecule has 17 heavy (non-hydrogen) atoms. The van der Waals surface area contributed by atoms with Crippen molar-refractivity contribution in [3.63, 3.8) is 0 Å². The summed E-state index contributed by atoms with van der Waals surface area (Å²) in [5.41, 5.74) is 0.964. The van der Waals surface area contributed by atoms with Gasteiger partial charge in [0.1, 0.15) is 11.6 Å². The molecule has 2 rings (SSSR count). The molecule has 1 heterocycles. The van der Waals surface area contributed by atoms with Gasteiger partial charge in [-0.1, -0.05) is 12.1 Å². The zero-order chi connectivity index (χ0) is 12.1. The van der Waals surface area contributed by atoms with Gasteiger partial charge in [0, 0.05) is 11.9 Å². The number of carbonyl (C=O) groups is 1. The molecule has 5 nitrogen and oxygen atoms in total. The number of hydrogen-bond donors (Lipinski definition) is 2. The zero-order valence-electron chi connectivity index (χ0n) is 9.05. The maximum atomic E-state index is 10.2. The topological polar surface area (TPSA) is 71.5 Å². The maximum Gasteiger partial charge on any atom is 0.329 e. The summed E-state index contributed by atoms with van der Waals surface area (Å²) in [6.45, 7) is 0.670. The minimum atomic E-state index is -0.951. The molecule has 0 saturated carbocycles. The highest BCUT2D eigenvalue weighted by Gasteiger charge is 2.04. The van der Waals surface area contributed by atoms with Crippen LogP contribution in [0, 0.1) is 0 Å². The predicted octanol–water partition coefficient (Wildman–Crippen LogP) is 1.81. The molecule has 0 bridgehead atoms. The Balaban J connectivity index is 1.85. The van der Waals surface area contributed by atoms with E-state index >= 15 is 0 Å². The second-order valence-corrected chi connectivity index (χ2v) is 4.18. The molecule has 0 aliphatic rings. The Morgan fingerprint density at radius 1 is 1.47 bits per heavy atom. The highest BCUT2D eigenvalue weighted by Crippen LogP contribution is 2.26. The van der Waals surface area contributed by atoms with Crippen LogP contribution in [0.1, 0.15) is 0 Å². The lowest BCUT2D eigenvalue weighted by Gasteiger charge is -2.03. The molecule has 0 fully saturated rings. The first-order chi connectivity index (χ1) is 8.27. The van der Waals surface area contributed by atoms with E-state index in [9.17, 15) is 4.79 Å². The lowest BCUT2D eigenvalue weighted by atomic mass is 10.2. The molecule has 0 saturated heterocycles. The fraction of sp³-hybridized carbons (Fsp3) is 0.273. The number of rotatable bonds is 6. The molecule has 0 radical (unpaired) electrons. The van der Waals surface area contributed by atoms with Crippen LogP contribution in [-0.2, 0) is 9.53 Å². The number of hydrogen-bond acceptors (Lipinski definition) is 5. The molecular weight excluding hydrogens is 240 g/mol. The van der Waals surface area contributed by atoms with Crippen LogP contribution in [0.3, 0.4) is 0 Å². The smallest absolute Gasteiger partial charge is 0.329 e. The Kier molecular flexibility index (Phi) is 3.89.